The minimum absolute atomic E-state index is 0.0281. The molecule has 17 heavy (non-hydrogen) atoms. The normalized spacial score (nSPS) is 11.1. The van der Waals surface area contributed by atoms with Crippen molar-refractivity contribution < 1.29 is 14.5 Å². The van der Waals surface area contributed by atoms with E-state index in [9.17, 15) is 14.9 Å². The summed E-state index contributed by atoms with van der Waals surface area (Å²) in [5.41, 5.74) is 0.554. The Balaban J connectivity index is 3.27. The molecule has 0 unspecified atom stereocenters. The summed E-state index contributed by atoms with van der Waals surface area (Å²) < 4.78 is 5.23. The number of esters is 1. The molecule has 92 valence electrons. The first-order chi connectivity index (χ1) is 7.71. The summed E-state index contributed by atoms with van der Waals surface area (Å²) in [6.07, 6.45) is 0. The van der Waals surface area contributed by atoms with Crippen LogP contribution in [0.1, 0.15) is 6.92 Å². The standard InChI is InChI=1S/C11H15N2O4/c1-8(14)17-11-6-5-9(13(2,3)4)7-10(11)12(15)16/h5-7H,1-4H3/q+1. The fourth-order valence-electron chi connectivity index (χ4n) is 1.31. The van der Waals surface area contributed by atoms with Gasteiger partial charge in [0.1, 0.15) is 5.69 Å². The molecular weight excluding hydrogens is 224 g/mol. The molecule has 0 aromatic heterocycles. The number of hydrogen-bond acceptors (Lipinski definition) is 4. The van der Waals surface area contributed by atoms with Crippen molar-refractivity contribution >= 4 is 17.3 Å². The zero-order valence-electron chi connectivity index (χ0n) is 10.3. The summed E-state index contributed by atoms with van der Waals surface area (Å²) in [6.45, 7) is 1.21. The van der Waals surface area contributed by atoms with E-state index in [0.29, 0.717) is 4.48 Å². The number of nitro groups is 1. The van der Waals surface area contributed by atoms with Gasteiger partial charge in [0, 0.05) is 13.0 Å². The Bertz CT molecular complexity index is 463. The summed E-state index contributed by atoms with van der Waals surface area (Å²) in [6, 6.07) is 4.56. The van der Waals surface area contributed by atoms with Crippen molar-refractivity contribution in [3.63, 3.8) is 0 Å². The van der Waals surface area contributed by atoms with E-state index < -0.39 is 10.9 Å². The molecule has 0 saturated heterocycles. The van der Waals surface area contributed by atoms with Crippen LogP contribution in [0.3, 0.4) is 0 Å². The van der Waals surface area contributed by atoms with Crippen LogP contribution in [0.4, 0.5) is 11.4 Å². The Labute approximate surface area is 99.2 Å². The average Bonchev–Trinajstić information content (AvgIpc) is 2.15. The fourth-order valence-corrected chi connectivity index (χ4v) is 1.31. The number of ether oxygens (including phenoxy) is 1. The molecule has 6 nitrogen and oxygen atoms in total. The molecule has 0 aliphatic rings. The van der Waals surface area contributed by atoms with E-state index >= 15 is 0 Å². The number of nitro benzene ring substituents is 1. The Morgan fingerprint density at radius 1 is 1.35 bits per heavy atom. The molecular formula is C11H15N2O4+. The van der Waals surface area contributed by atoms with Gasteiger partial charge < -0.3 is 4.74 Å². The van der Waals surface area contributed by atoms with Crippen LogP contribution in [-0.4, -0.2) is 32.0 Å². The summed E-state index contributed by atoms with van der Waals surface area (Å²) >= 11 is 0. The highest BCUT2D eigenvalue weighted by atomic mass is 16.6. The summed E-state index contributed by atoms with van der Waals surface area (Å²) in [5.74, 6) is -0.606. The second-order valence-electron chi connectivity index (χ2n) is 4.52. The molecule has 0 fully saturated rings. The monoisotopic (exact) mass is 239 g/mol. The van der Waals surface area contributed by atoms with Gasteiger partial charge in [-0.05, 0) is 6.07 Å². The van der Waals surface area contributed by atoms with E-state index in [-0.39, 0.29) is 11.4 Å². The highest BCUT2D eigenvalue weighted by Gasteiger charge is 2.22. The SMILES string of the molecule is CC(=O)Oc1ccc([N+](C)(C)C)cc1[N+](=O)[O-]. The Morgan fingerprint density at radius 3 is 2.35 bits per heavy atom. The van der Waals surface area contributed by atoms with Crippen LogP contribution in [0, 0.1) is 10.1 Å². The van der Waals surface area contributed by atoms with Crippen LogP contribution < -0.4 is 9.22 Å². The smallest absolute Gasteiger partial charge is 0.317 e. The lowest BCUT2D eigenvalue weighted by atomic mass is 10.2. The summed E-state index contributed by atoms with van der Waals surface area (Å²) in [5, 5.41) is 10.9. The van der Waals surface area contributed by atoms with E-state index in [1.54, 1.807) is 6.07 Å². The molecule has 0 N–H and O–H groups in total. The number of quaternary nitrogens is 1. The second kappa shape index (κ2) is 4.50. The van der Waals surface area contributed by atoms with Crippen molar-refractivity contribution in [2.24, 2.45) is 0 Å². The summed E-state index contributed by atoms with van der Waals surface area (Å²) in [7, 11) is 5.68. The summed E-state index contributed by atoms with van der Waals surface area (Å²) in [4.78, 5) is 21.2. The van der Waals surface area contributed by atoms with E-state index in [2.05, 4.69) is 0 Å². The third-order valence-corrected chi connectivity index (χ3v) is 2.17. The molecule has 1 rings (SSSR count). The Kier molecular flexibility index (Phi) is 3.47. The molecule has 0 radical (unpaired) electrons. The van der Waals surface area contributed by atoms with Crippen LogP contribution in [0.2, 0.25) is 0 Å². The van der Waals surface area contributed by atoms with Gasteiger partial charge >= 0.3 is 11.7 Å². The second-order valence-corrected chi connectivity index (χ2v) is 4.52. The molecule has 0 aliphatic carbocycles. The first kappa shape index (κ1) is 13.1. The van der Waals surface area contributed by atoms with E-state index in [4.69, 9.17) is 4.74 Å². The predicted molar refractivity (Wildman–Crippen MR) is 64.0 cm³/mol. The lowest BCUT2D eigenvalue weighted by molar-refractivity contribution is -0.385. The zero-order valence-corrected chi connectivity index (χ0v) is 10.3. The number of hydrogen-bond donors (Lipinski definition) is 0. The Hall–Kier alpha value is -1.95. The van der Waals surface area contributed by atoms with Crippen LogP contribution in [-0.2, 0) is 4.79 Å². The van der Waals surface area contributed by atoms with Gasteiger partial charge in [0.15, 0.2) is 0 Å². The molecule has 0 atom stereocenters. The number of nitrogens with zero attached hydrogens (tertiary/aromatic N) is 2. The number of carbonyl (C=O) groups excluding carboxylic acids is 1. The maximum Gasteiger partial charge on any atom is 0.317 e. The lowest BCUT2D eigenvalue weighted by Gasteiger charge is -2.23. The van der Waals surface area contributed by atoms with Gasteiger partial charge in [0.25, 0.3) is 0 Å². The first-order valence-corrected chi connectivity index (χ1v) is 5.00. The molecule has 0 saturated carbocycles. The highest BCUT2D eigenvalue weighted by Crippen LogP contribution is 2.32. The maximum atomic E-state index is 10.9. The molecule has 0 heterocycles. The molecule has 0 aliphatic heterocycles. The molecule has 0 bridgehead atoms. The van der Waals surface area contributed by atoms with Crippen LogP contribution in [0.25, 0.3) is 0 Å². The van der Waals surface area contributed by atoms with E-state index in [0.717, 1.165) is 5.69 Å². The molecule has 0 spiro atoms. The molecule has 1 aromatic rings. The third-order valence-electron chi connectivity index (χ3n) is 2.17. The quantitative estimate of drug-likeness (QED) is 0.265. The van der Waals surface area contributed by atoms with Crippen molar-refractivity contribution in [2.45, 2.75) is 6.92 Å². The third kappa shape index (κ3) is 3.25. The van der Waals surface area contributed by atoms with Crippen LogP contribution >= 0.6 is 0 Å². The topological polar surface area (TPSA) is 69.4 Å². The first-order valence-electron chi connectivity index (χ1n) is 5.00. The van der Waals surface area contributed by atoms with E-state index in [1.807, 2.05) is 21.1 Å². The van der Waals surface area contributed by atoms with Gasteiger partial charge in [-0.2, -0.15) is 0 Å². The zero-order chi connectivity index (χ0) is 13.2. The van der Waals surface area contributed by atoms with Crippen molar-refractivity contribution in [3.8, 4) is 5.75 Å². The van der Waals surface area contributed by atoms with Gasteiger partial charge in [0.2, 0.25) is 5.75 Å². The van der Waals surface area contributed by atoms with Gasteiger partial charge in [-0.3, -0.25) is 19.4 Å². The number of benzene rings is 1. The van der Waals surface area contributed by atoms with Crippen LogP contribution in [0.5, 0.6) is 5.75 Å². The predicted octanol–water partition coefficient (Wildman–Crippen LogP) is 1.72. The van der Waals surface area contributed by atoms with E-state index in [1.165, 1.54) is 19.1 Å². The average molecular weight is 239 g/mol. The van der Waals surface area contributed by atoms with Crippen molar-refractivity contribution in [1.29, 1.82) is 0 Å². The fraction of sp³-hybridized carbons (Fsp3) is 0.364. The van der Waals surface area contributed by atoms with Crippen molar-refractivity contribution in [3.05, 3.63) is 28.3 Å². The maximum absolute atomic E-state index is 10.9. The molecule has 6 heteroatoms. The van der Waals surface area contributed by atoms with Crippen LogP contribution in [0.15, 0.2) is 18.2 Å². The molecule has 0 amide bonds. The largest absolute Gasteiger partial charge is 0.419 e. The van der Waals surface area contributed by atoms with Crippen molar-refractivity contribution in [2.75, 3.05) is 21.1 Å². The number of rotatable bonds is 3. The van der Waals surface area contributed by atoms with Gasteiger partial charge in [-0.1, -0.05) is 0 Å². The van der Waals surface area contributed by atoms with Gasteiger partial charge in [-0.15, -0.1) is 0 Å². The minimum Gasteiger partial charge on any atom is -0.419 e. The highest BCUT2D eigenvalue weighted by molar-refractivity contribution is 5.72. The lowest BCUT2D eigenvalue weighted by Crippen LogP contribution is -2.34. The van der Waals surface area contributed by atoms with Gasteiger partial charge in [0.05, 0.1) is 32.1 Å². The minimum atomic E-state index is -0.578. The van der Waals surface area contributed by atoms with Gasteiger partial charge in [-0.25, -0.2) is 0 Å². The number of carbonyl (C=O) groups is 1. The van der Waals surface area contributed by atoms with Crippen molar-refractivity contribution in [1.82, 2.24) is 4.48 Å². The Morgan fingerprint density at radius 2 is 1.94 bits per heavy atom. The molecule has 1 aromatic carbocycles.